The van der Waals surface area contributed by atoms with E-state index in [-0.39, 0.29) is 0 Å². The number of furan rings is 1. The minimum Gasteiger partial charge on any atom is -0.456 e. The lowest BCUT2D eigenvalue weighted by molar-refractivity contribution is 0.668. The number of benzene rings is 8. The number of para-hydroxylation sites is 2. The van der Waals surface area contributed by atoms with Crippen LogP contribution in [0.15, 0.2) is 186 Å². The Hall–Kier alpha value is -7.41. The van der Waals surface area contributed by atoms with Gasteiger partial charge in [0.25, 0.3) is 0 Å². The summed E-state index contributed by atoms with van der Waals surface area (Å²) in [6.45, 7) is 0. The number of fused-ring (bicyclic) bond motifs is 9. The molecule has 266 valence electrons. The Morgan fingerprint density at radius 3 is 1.70 bits per heavy atom. The molecule has 0 atom stereocenters. The van der Waals surface area contributed by atoms with Gasteiger partial charge >= 0.3 is 0 Å². The van der Waals surface area contributed by atoms with Crippen molar-refractivity contribution in [2.75, 3.05) is 0 Å². The maximum absolute atomic E-state index is 6.69. The summed E-state index contributed by atoms with van der Waals surface area (Å²) in [6, 6.07) is 63.6. The average molecular weight is 747 g/mol. The molecule has 4 aromatic heterocycles. The summed E-state index contributed by atoms with van der Waals surface area (Å²) in [5.74, 6) is 1.95. The third kappa shape index (κ3) is 4.98. The second-order valence-electron chi connectivity index (χ2n) is 14.3. The molecule has 57 heavy (non-hydrogen) atoms. The number of hydrogen-bond acceptors (Lipinski definition) is 5. The molecule has 12 rings (SSSR count). The first-order valence-electron chi connectivity index (χ1n) is 19.0. The highest BCUT2D eigenvalue weighted by molar-refractivity contribution is 7.26. The van der Waals surface area contributed by atoms with Crippen molar-refractivity contribution in [2.45, 2.75) is 0 Å². The first-order valence-corrected chi connectivity index (χ1v) is 19.8. The molecule has 0 bridgehead atoms. The van der Waals surface area contributed by atoms with E-state index in [1.165, 1.54) is 42.2 Å². The monoisotopic (exact) mass is 746 g/mol. The zero-order valence-electron chi connectivity index (χ0n) is 30.4. The number of aromatic nitrogens is 4. The molecule has 0 radical (unpaired) electrons. The third-order valence-corrected chi connectivity index (χ3v) is 12.3. The van der Waals surface area contributed by atoms with E-state index in [9.17, 15) is 0 Å². The SMILES string of the molecule is c1ccc(-c2nc(-c3ccccc3)nc(-c3cccc4sc5c(-c6cccc7oc8cc(-n9c%10ccccc%10c%10ccccc%109)ccc8c67)cccc5c34)n2)cc1. The molecule has 0 spiro atoms. The van der Waals surface area contributed by atoms with Gasteiger partial charge in [-0.1, -0.05) is 140 Å². The van der Waals surface area contributed by atoms with Crippen molar-refractivity contribution in [3.05, 3.63) is 182 Å². The maximum Gasteiger partial charge on any atom is 0.164 e. The molecule has 0 aliphatic heterocycles. The fourth-order valence-electron chi connectivity index (χ4n) is 8.55. The van der Waals surface area contributed by atoms with Gasteiger partial charge in [-0.05, 0) is 42.0 Å². The maximum atomic E-state index is 6.69. The first kappa shape index (κ1) is 31.9. The van der Waals surface area contributed by atoms with Gasteiger partial charge in [0.1, 0.15) is 11.2 Å². The average Bonchev–Trinajstić information content (AvgIpc) is 3.96. The molecule has 0 saturated carbocycles. The molecular formula is C51H30N4OS. The van der Waals surface area contributed by atoms with Gasteiger partial charge in [-0.3, -0.25) is 0 Å². The van der Waals surface area contributed by atoms with Crippen molar-refractivity contribution in [3.63, 3.8) is 0 Å². The van der Waals surface area contributed by atoms with Crippen molar-refractivity contribution in [2.24, 2.45) is 0 Å². The summed E-state index contributed by atoms with van der Waals surface area (Å²) >= 11 is 1.81. The van der Waals surface area contributed by atoms with Crippen LogP contribution in [-0.4, -0.2) is 19.5 Å². The van der Waals surface area contributed by atoms with Crippen LogP contribution in [0, 0.1) is 0 Å². The van der Waals surface area contributed by atoms with E-state index >= 15 is 0 Å². The van der Waals surface area contributed by atoms with Gasteiger partial charge in [0, 0.05) is 75.7 Å². The summed E-state index contributed by atoms with van der Waals surface area (Å²) in [6.07, 6.45) is 0. The molecule has 5 nitrogen and oxygen atoms in total. The predicted octanol–water partition coefficient (Wildman–Crippen LogP) is 13.9. The van der Waals surface area contributed by atoms with E-state index in [2.05, 4.69) is 126 Å². The lowest BCUT2D eigenvalue weighted by atomic mass is 9.97. The fraction of sp³-hybridized carbons (Fsp3) is 0. The van der Waals surface area contributed by atoms with Gasteiger partial charge in [-0.15, -0.1) is 11.3 Å². The van der Waals surface area contributed by atoms with Crippen LogP contribution >= 0.6 is 11.3 Å². The van der Waals surface area contributed by atoms with Crippen molar-refractivity contribution in [3.8, 4) is 51.0 Å². The van der Waals surface area contributed by atoms with Crippen LogP contribution in [0.25, 0.3) is 115 Å². The summed E-state index contributed by atoms with van der Waals surface area (Å²) in [4.78, 5) is 15.2. The second kappa shape index (κ2) is 12.6. The highest BCUT2D eigenvalue weighted by Crippen LogP contribution is 2.46. The highest BCUT2D eigenvalue weighted by Gasteiger charge is 2.21. The van der Waals surface area contributed by atoms with E-state index < -0.39 is 0 Å². The lowest BCUT2D eigenvalue weighted by Gasteiger charge is -2.10. The Balaban J connectivity index is 1.04. The van der Waals surface area contributed by atoms with Crippen LogP contribution in [-0.2, 0) is 0 Å². The first-order chi connectivity index (χ1) is 28.3. The zero-order valence-corrected chi connectivity index (χ0v) is 31.2. The van der Waals surface area contributed by atoms with Gasteiger partial charge in [0.15, 0.2) is 17.5 Å². The van der Waals surface area contributed by atoms with Crippen LogP contribution in [0.4, 0.5) is 0 Å². The normalized spacial score (nSPS) is 11.9. The van der Waals surface area contributed by atoms with E-state index in [1.807, 2.05) is 72.0 Å². The molecule has 0 saturated heterocycles. The summed E-state index contributed by atoms with van der Waals surface area (Å²) in [5.41, 5.74) is 10.4. The summed E-state index contributed by atoms with van der Waals surface area (Å²) < 4.78 is 11.4. The number of rotatable bonds is 5. The van der Waals surface area contributed by atoms with Gasteiger partial charge in [-0.25, -0.2) is 15.0 Å². The predicted molar refractivity (Wildman–Crippen MR) is 236 cm³/mol. The van der Waals surface area contributed by atoms with Crippen LogP contribution in [0.3, 0.4) is 0 Å². The molecule has 6 heteroatoms. The molecule has 4 heterocycles. The van der Waals surface area contributed by atoms with E-state index in [1.54, 1.807) is 0 Å². The Morgan fingerprint density at radius 1 is 0.404 bits per heavy atom. The number of nitrogens with zero attached hydrogens (tertiary/aromatic N) is 4. The second-order valence-corrected chi connectivity index (χ2v) is 15.4. The minimum atomic E-state index is 0.650. The molecule has 0 aliphatic carbocycles. The molecule has 0 fully saturated rings. The van der Waals surface area contributed by atoms with Gasteiger partial charge in [0.2, 0.25) is 0 Å². The van der Waals surface area contributed by atoms with Gasteiger partial charge in [0.05, 0.1) is 11.0 Å². The molecule has 8 aromatic carbocycles. The molecule has 0 aliphatic rings. The third-order valence-electron chi connectivity index (χ3n) is 11.1. The van der Waals surface area contributed by atoms with Crippen LogP contribution in [0.5, 0.6) is 0 Å². The lowest BCUT2D eigenvalue weighted by Crippen LogP contribution is -2.00. The van der Waals surface area contributed by atoms with Crippen LogP contribution in [0.1, 0.15) is 0 Å². The van der Waals surface area contributed by atoms with Crippen molar-refractivity contribution in [1.29, 1.82) is 0 Å². The Morgan fingerprint density at radius 2 is 0.982 bits per heavy atom. The van der Waals surface area contributed by atoms with Crippen molar-refractivity contribution in [1.82, 2.24) is 19.5 Å². The Kier molecular flexibility index (Phi) is 7.03. The van der Waals surface area contributed by atoms with Crippen molar-refractivity contribution >= 4 is 75.3 Å². The zero-order chi connectivity index (χ0) is 37.5. The molecule has 0 N–H and O–H groups in total. The largest absolute Gasteiger partial charge is 0.456 e. The minimum absolute atomic E-state index is 0.650. The van der Waals surface area contributed by atoms with Crippen LogP contribution in [0.2, 0.25) is 0 Å². The standard InChI is InChI=1S/C51H30N4OS/c1-3-14-31(15-4-1)49-52-50(32-16-5-2-6-17-32)54-51(53-49)40-23-13-27-45-47(40)39-22-11-21-37(48(39)57-45)36-20-12-26-43-46(36)38-29-28-33(30-44(38)56-43)55-41-24-9-7-18-34(41)35-19-8-10-25-42(35)55/h1-30H. The van der Waals surface area contributed by atoms with E-state index in [4.69, 9.17) is 19.4 Å². The topological polar surface area (TPSA) is 56.7 Å². The van der Waals surface area contributed by atoms with Gasteiger partial charge in [-0.2, -0.15) is 0 Å². The van der Waals surface area contributed by atoms with Crippen LogP contribution < -0.4 is 0 Å². The van der Waals surface area contributed by atoms with Crippen molar-refractivity contribution < 1.29 is 4.42 Å². The summed E-state index contributed by atoms with van der Waals surface area (Å²) in [5, 5.41) is 7.00. The smallest absolute Gasteiger partial charge is 0.164 e. The molecule has 0 amide bonds. The highest BCUT2D eigenvalue weighted by atomic mass is 32.1. The van der Waals surface area contributed by atoms with Gasteiger partial charge < -0.3 is 8.98 Å². The number of thiophene rings is 1. The Labute approximate surface area is 330 Å². The summed E-state index contributed by atoms with van der Waals surface area (Å²) in [7, 11) is 0. The fourth-order valence-corrected chi connectivity index (χ4v) is 9.81. The quantitative estimate of drug-likeness (QED) is 0.176. The number of hydrogen-bond donors (Lipinski definition) is 0. The molecule has 0 unspecified atom stereocenters. The molecule has 12 aromatic rings. The Bertz CT molecular complexity index is 3420. The van der Waals surface area contributed by atoms with E-state index in [0.29, 0.717) is 17.5 Å². The molecular weight excluding hydrogens is 717 g/mol. The van der Waals surface area contributed by atoms with E-state index in [0.717, 1.165) is 55.3 Å².